The van der Waals surface area contributed by atoms with Gasteiger partial charge in [-0.05, 0) is 30.7 Å². The molecule has 1 aliphatic heterocycles. The van der Waals surface area contributed by atoms with Crippen LogP contribution in [0.4, 0.5) is 4.79 Å². The van der Waals surface area contributed by atoms with Gasteiger partial charge in [0.25, 0.3) is 0 Å². The van der Waals surface area contributed by atoms with Crippen molar-refractivity contribution >= 4 is 6.09 Å². The van der Waals surface area contributed by atoms with Crippen molar-refractivity contribution in [1.82, 2.24) is 4.90 Å². The summed E-state index contributed by atoms with van der Waals surface area (Å²) in [6.45, 7) is 9.26. The molecule has 2 unspecified atom stereocenters. The highest BCUT2D eigenvalue weighted by Crippen LogP contribution is 2.40. The van der Waals surface area contributed by atoms with Crippen molar-refractivity contribution in [2.24, 2.45) is 5.41 Å². The molecule has 1 aliphatic rings. The molecule has 23 heavy (non-hydrogen) atoms. The number of carbonyl (C=O) groups excluding carboxylic acids is 1. The number of nitrogens with zero attached hydrogens (tertiary/aromatic N) is 1. The van der Waals surface area contributed by atoms with E-state index in [0.29, 0.717) is 19.4 Å². The molecule has 2 rings (SSSR count). The zero-order chi connectivity index (χ0) is 17.1. The summed E-state index contributed by atoms with van der Waals surface area (Å²) >= 11 is 0. The fourth-order valence-electron chi connectivity index (χ4n) is 3.12. The predicted molar refractivity (Wildman–Crippen MR) is 91.2 cm³/mol. The topological polar surface area (TPSA) is 49.8 Å². The van der Waals surface area contributed by atoms with Crippen molar-refractivity contribution < 1.29 is 14.6 Å². The summed E-state index contributed by atoms with van der Waals surface area (Å²) < 4.78 is 5.97. The van der Waals surface area contributed by atoms with E-state index in [2.05, 4.69) is 27.7 Å². The van der Waals surface area contributed by atoms with E-state index in [9.17, 15) is 9.90 Å². The van der Waals surface area contributed by atoms with Crippen LogP contribution in [0.2, 0.25) is 0 Å². The molecule has 1 saturated heterocycles. The number of hydrogen-bond acceptors (Lipinski definition) is 3. The molecule has 128 valence electrons. The van der Waals surface area contributed by atoms with Gasteiger partial charge in [-0.2, -0.15) is 0 Å². The summed E-state index contributed by atoms with van der Waals surface area (Å²) in [6, 6.07) is 10.0. The standard InChI is InChI=1S/C19H29NO3/c1-15(18(2,3)4)20-13-12-19(11-8-14-21,23-17(20)22)16-9-6-5-7-10-16/h5-7,9-10,15,21H,8,11-14H2,1-4H3. The Morgan fingerprint density at radius 2 is 1.96 bits per heavy atom. The average molecular weight is 319 g/mol. The summed E-state index contributed by atoms with van der Waals surface area (Å²) in [4.78, 5) is 14.5. The molecule has 4 nitrogen and oxygen atoms in total. The van der Waals surface area contributed by atoms with Crippen LogP contribution in [0.1, 0.15) is 52.5 Å². The monoisotopic (exact) mass is 319 g/mol. The summed E-state index contributed by atoms with van der Waals surface area (Å²) in [5.41, 5.74) is 0.413. The lowest BCUT2D eigenvalue weighted by Crippen LogP contribution is -2.54. The van der Waals surface area contributed by atoms with Gasteiger partial charge >= 0.3 is 6.09 Å². The summed E-state index contributed by atoms with van der Waals surface area (Å²) in [6.07, 6.45) is 1.78. The van der Waals surface area contributed by atoms with E-state index < -0.39 is 5.60 Å². The minimum atomic E-state index is -0.616. The van der Waals surface area contributed by atoms with Gasteiger partial charge in [-0.1, -0.05) is 51.1 Å². The molecule has 1 heterocycles. The van der Waals surface area contributed by atoms with Crippen LogP contribution in [0.5, 0.6) is 0 Å². The van der Waals surface area contributed by atoms with E-state index in [-0.39, 0.29) is 24.2 Å². The van der Waals surface area contributed by atoms with E-state index in [1.54, 1.807) is 0 Å². The van der Waals surface area contributed by atoms with Gasteiger partial charge in [0.2, 0.25) is 0 Å². The van der Waals surface area contributed by atoms with E-state index in [1.807, 2.05) is 35.2 Å². The maximum absolute atomic E-state index is 12.7. The van der Waals surface area contributed by atoms with Crippen LogP contribution in [-0.4, -0.2) is 35.3 Å². The minimum absolute atomic E-state index is 0.0108. The molecule has 1 aromatic rings. The van der Waals surface area contributed by atoms with Crippen LogP contribution >= 0.6 is 0 Å². The largest absolute Gasteiger partial charge is 0.438 e. The first kappa shape index (κ1) is 17.8. The SMILES string of the molecule is CC(N1CCC(CCCO)(c2ccccc2)OC1=O)C(C)(C)C. The highest BCUT2D eigenvalue weighted by molar-refractivity contribution is 5.70. The lowest BCUT2D eigenvalue weighted by molar-refractivity contribution is -0.0760. The van der Waals surface area contributed by atoms with E-state index in [0.717, 1.165) is 12.0 Å². The molecule has 0 aromatic heterocycles. The number of benzene rings is 1. The second-order valence-corrected chi connectivity index (χ2v) is 7.54. The highest BCUT2D eigenvalue weighted by atomic mass is 16.6. The van der Waals surface area contributed by atoms with Gasteiger partial charge in [0.15, 0.2) is 0 Å². The molecule has 2 atom stereocenters. The van der Waals surface area contributed by atoms with Gasteiger partial charge in [-0.3, -0.25) is 0 Å². The number of hydrogen-bond donors (Lipinski definition) is 1. The maximum atomic E-state index is 12.7. The van der Waals surface area contributed by atoms with Crippen molar-refractivity contribution in [2.75, 3.05) is 13.2 Å². The number of carbonyl (C=O) groups is 1. The molecule has 0 aliphatic carbocycles. The van der Waals surface area contributed by atoms with Crippen molar-refractivity contribution in [3.05, 3.63) is 35.9 Å². The van der Waals surface area contributed by atoms with Gasteiger partial charge in [-0.15, -0.1) is 0 Å². The van der Waals surface area contributed by atoms with E-state index in [4.69, 9.17) is 4.74 Å². The lowest BCUT2D eigenvalue weighted by atomic mass is 9.83. The van der Waals surface area contributed by atoms with Crippen LogP contribution in [0.25, 0.3) is 0 Å². The Morgan fingerprint density at radius 3 is 2.48 bits per heavy atom. The van der Waals surface area contributed by atoms with E-state index in [1.165, 1.54) is 0 Å². The zero-order valence-electron chi connectivity index (χ0n) is 14.7. The number of rotatable bonds is 5. The summed E-state index contributed by atoms with van der Waals surface area (Å²) in [5, 5.41) is 9.22. The third-order valence-corrected chi connectivity index (χ3v) is 5.03. The smallest absolute Gasteiger partial charge is 0.410 e. The van der Waals surface area contributed by atoms with Crippen LogP contribution in [-0.2, 0) is 10.3 Å². The Hall–Kier alpha value is -1.55. The minimum Gasteiger partial charge on any atom is -0.438 e. The summed E-state index contributed by atoms with van der Waals surface area (Å²) in [7, 11) is 0. The highest BCUT2D eigenvalue weighted by Gasteiger charge is 2.44. The maximum Gasteiger partial charge on any atom is 0.410 e. The molecule has 0 bridgehead atoms. The van der Waals surface area contributed by atoms with Crippen LogP contribution < -0.4 is 0 Å². The van der Waals surface area contributed by atoms with Crippen molar-refractivity contribution in [1.29, 1.82) is 0 Å². The normalized spacial score (nSPS) is 23.5. The number of ether oxygens (including phenoxy) is 1. The van der Waals surface area contributed by atoms with Gasteiger partial charge < -0.3 is 14.7 Å². The Kier molecular flexibility index (Phi) is 5.35. The first-order valence-electron chi connectivity index (χ1n) is 8.46. The zero-order valence-corrected chi connectivity index (χ0v) is 14.7. The second kappa shape index (κ2) is 6.91. The Labute approximate surface area is 139 Å². The number of cyclic esters (lactones) is 1. The third kappa shape index (κ3) is 3.86. The van der Waals surface area contributed by atoms with Crippen LogP contribution in [0.15, 0.2) is 30.3 Å². The second-order valence-electron chi connectivity index (χ2n) is 7.54. The first-order chi connectivity index (χ1) is 10.8. The van der Waals surface area contributed by atoms with Gasteiger partial charge in [0.1, 0.15) is 5.60 Å². The Bertz CT molecular complexity index is 523. The van der Waals surface area contributed by atoms with Crippen LogP contribution in [0.3, 0.4) is 0 Å². The van der Waals surface area contributed by atoms with E-state index >= 15 is 0 Å². The fraction of sp³-hybridized carbons (Fsp3) is 0.632. The molecule has 1 N–H and O–H groups in total. The van der Waals surface area contributed by atoms with Gasteiger partial charge in [0, 0.05) is 25.6 Å². The number of amides is 1. The van der Waals surface area contributed by atoms with Crippen molar-refractivity contribution in [3.63, 3.8) is 0 Å². The molecule has 1 fully saturated rings. The van der Waals surface area contributed by atoms with Gasteiger partial charge in [0.05, 0.1) is 0 Å². The lowest BCUT2D eigenvalue weighted by Gasteiger charge is -2.46. The Morgan fingerprint density at radius 1 is 1.30 bits per heavy atom. The molecule has 1 aromatic carbocycles. The summed E-state index contributed by atoms with van der Waals surface area (Å²) in [5.74, 6) is 0. The fourth-order valence-corrected chi connectivity index (χ4v) is 3.12. The molecule has 1 amide bonds. The molecule has 0 radical (unpaired) electrons. The quantitative estimate of drug-likeness (QED) is 0.894. The third-order valence-electron chi connectivity index (χ3n) is 5.03. The molecule has 0 spiro atoms. The van der Waals surface area contributed by atoms with Crippen molar-refractivity contribution in [3.8, 4) is 0 Å². The molecular weight excluding hydrogens is 290 g/mol. The van der Waals surface area contributed by atoms with Gasteiger partial charge in [-0.25, -0.2) is 4.79 Å². The average Bonchev–Trinajstić information content (AvgIpc) is 2.52. The first-order valence-corrected chi connectivity index (χ1v) is 8.46. The molecule has 4 heteroatoms. The predicted octanol–water partition coefficient (Wildman–Crippen LogP) is 3.93. The van der Waals surface area contributed by atoms with Crippen molar-refractivity contribution in [2.45, 2.75) is 58.6 Å². The number of aliphatic hydroxyl groups excluding tert-OH is 1. The molecule has 0 saturated carbocycles. The van der Waals surface area contributed by atoms with Crippen LogP contribution in [0, 0.1) is 5.41 Å². The Balaban J connectivity index is 2.23. The molecular formula is C19H29NO3. The number of aliphatic hydroxyl groups is 1.